The number of sulfonamides is 1. The predicted molar refractivity (Wildman–Crippen MR) is 100 cm³/mol. The summed E-state index contributed by atoms with van der Waals surface area (Å²) >= 11 is 0. The molecule has 140 valence electrons. The fraction of sp³-hybridized carbons (Fsp3) is 0.368. The van der Waals surface area contributed by atoms with Gasteiger partial charge in [0.15, 0.2) is 11.5 Å². The van der Waals surface area contributed by atoms with Crippen molar-refractivity contribution in [2.24, 2.45) is 0 Å². The van der Waals surface area contributed by atoms with Crippen molar-refractivity contribution in [2.45, 2.75) is 10.9 Å². The molecule has 3 rings (SSSR count). The molecule has 0 N–H and O–H groups in total. The van der Waals surface area contributed by atoms with Crippen LogP contribution < -0.4 is 9.47 Å². The molecule has 26 heavy (non-hydrogen) atoms. The quantitative estimate of drug-likeness (QED) is 0.802. The van der Waals surface area contributed by atoms with Crippen LogP contribution in [0.3, 0.4) is 0 Å². The first-order valence-corrected chi connectivity index (χ1v) is 9.88. The molecular weight excluding hydrogens is 352 g/mol. The molecule has 1 aliphatic heterocycles. The normalized spacial score (nSPS) is 19.3. The van der Waals surface area contributed by atoms with Crippen LogP contribution >= 0.6 is 0 Å². The van der Waals surface area contributed by atoms with Crippen LogP contribution in [0.5, 0.6) is 11.5 Å². The minimum Gasteiger partial charge on any atom is -0.493 e. The van der Waals surface area contributed by atoms with E-state index in [1.54, 1.807) is 16.4 Å². The molecule has 0 aromatic heterocycles. The van der Waals surface area contributed by atoms with Gasteiger partial charge in [-0.15, -0.1) is 0 Å². The third-order valence-corrected chi connectivity index (χ3v) is 6.58. The standard InChI is InChI=1S/C19H24N2O4S/c1-20-11-12-21(17(14-20)15-7-5-4-6-8-15)26(22,23)16-9-10-18(24-2)19(13-16)25-3/h4-10,13,17H,11-12,14H2,1-3H3. The number of hydrogen-bond donors (Lipinski definition) is 0. The van der Waals surface area contributed by atoms with E-state index >= 15 is 0 Å². The first-order chi connectivity index (χ1) is 12.5. The molecule has 7 heteroatoms. The number of ether oxygens (including phenoxy) is 2. The molecular formula is C19H24N2O4S. The largest absolute Gasteiger partial charge is 0.493 e. The van der Waals surface area contributed by atoms with Gasteiger partial charge in [0.05, 0.1) is 25.2 Å². The molecule has 1 heterocycles. The Labute approximate surface area is 155 Å². The number of nitrogens with zero attached hydrogens (tertiary/aromatic N) is 2. The molecule has 1 unspecified atom stereocenters. The van der Waals surface area contributed by atoms with Crippen LogP contribution in [0.2, 0.25) is 0 Å². The summed E-state index contributed by atoms with van der Waals surface area (Å²) in [4.78, 5) is 2.36. The van der Waals surface area contributed by atoms with Crippen LogP contribution in [0.15, 0.2) is 53.4 Å². The molecule has 2 aromatic carbocycles. The van der Waals surface area contributed by atoms with Crippen LogP contribution in [0.1, 0.15) is 11.6 Å². The number of piperazine rings is 1. The summed E-state index contributed by atoms with van der Waals surface area (Å²) in [6, 6.07) is 14.2. The Hall–Kier alpha value is -2.09. The summed E-state index contributed by atoms with van der Waals surface area (Å²) in [5.41, 5.74) is 0.989. The van der Waals surface area contributed by atoms with Gasteiger partial charge in [0.1, 0.15) is 0 Å². The molecule has 0 amide bonds. The topological polar surface area (TPSA) is 59.1 Å². The van der Waals surface area contributed by atoms with E-state index in [2.05, 4.69) is 4.90 Å². The van der Waals surface area contributed by atoms with Crippen molar-refractivity contribution in [1.29, 1.82) is 0 Å². The van der Waals surface area contributed by atoms with Crippen LogP contribution in [0.25, 0.3) is 0 Å². The Morgan fingerprint density at radius 2 is 1.65 bits per heavy atom. The lowest BCUT2D eigenvalue weighted by Crippen LogP contribution is -2.49. The van der Waals surface area contributed by atoms with E-state index in [0.717, 1.165) is 5.56 Å². The Balaban J connectivity index is 2.01. The molecule has 0 bridgehead atoms. The maximum absolute atomic E-state index is 13.4. The van der Waals surface area contributed by atoms with Crippen molar-refractivity contribution < 1.29 is 17.9 Å². The second-order valence-corrected chi connectivity index (χ2v) is 8.21. The molecule has 1 fully saturated rings. The average molecular weight is 376 g/mol. The van der Waals surface area contributed by atoms with Gasteiger partial charge in [-0.1, -0.05) is 30.3 Å². The first kappa shape index (κ1) is 18.7. The molecule has 0 spiro atoms. The maximum Gasteiger partial charge on any atom is 0.243 e. The zero-order valence-electron chi connectivity index (χ0n) is 15.3. The molecule has 0 aliphatic carbocycles. The number of methoxy groups -OCH3 is 2. The van der Waals surface area contributed by atoms with Crippen molar-refractivity contribution >= 4 is 10.0 Å². The molecule has 2 aromatic rings. The minimum atomic E-state index is -3.67. The van der Waals surface area contributed by atoms with E-state index < -0.39 is 10.0 Å². The Bertz CT molecular complexity index is 855. The number of hydrogen-bond acceptors (Lipinski definition) is 5. The maximum atomic E-state index is 13.4. The minimum absolute atomic E-state index is 0.209. The fourth-order valence-corrected chi connectivity index (χ4v) is 4.86. The summed E-state index contributed by atoms with van der Waals surface area (Å²) in [7, 11) is 1.36. The van der Waals surface area contributed by atoms with Crippen molar-refractivity contribution in [3.63, 3.8) is 0 Å². The summed E-state index contributed by atoms with van der Waals surface area (Å²) in [6.07, 6.45) is 0. The van der Waals surface area contributed by atoms with Crippen LogP contribution in [-0.2, 0) is 10.0 Å². The van der Waals surface area contributed by atoms with Crippen LogP contribution in [0.4, 0.5) is 0 Å². The van der Waals surface area contributed by atoms with Gasteiger partial charge >= 0.3 is 0 Å². The highest BCUT2D eigenvalue weighted by Crippen LogP contribution is 2.34. The number of benzene rings is 2. The van der Waals surface area contributed by atoms with E-state index in [1.165, 1.54) is 20.3 Å². The molecule has 1 saturated heterocycles. The van der Waals surface area contributed by atoms with Crippen molar-refractivity contribution in [2.75, 3.05) is 40.9 Å². The zero-order chi connectivity index (χ0) is 18.7. The molecule has 1 aliphatic rings. The highest BCUT2D eigenvalue weighted by atomic mass is 32.2. The Kier molecular flexibility index (Phi) is 5.50. The summed E-state index contributed by atoms with van der Waals surface area (Å²) < 4.78 is 38.8. The van der Waals surface area contributed by atoms with Gasteiger partial charge in [-0.05, 0) is 24.7 Å². The SMILES string of the molecule is COc1ccc(S(=O)(=O)N2CCN(C)CC2c2ccccc2)cc1OC. The van der Waals surface area contributed by atoms with Gasteiger partial charge < -0.3 is 14.4 Å². The van der Waals surface area contributed by atoms with E-state index in [0.29, 0.717) is 31.1 Å². The van der Waals surface area contributed by atoms with Crippen molar-refractivity contribution in [3.05, 3.63) is 54.1 Å². The fourth-order valence-electron chi connectivity index (χ4n) is 3.25. The number of likely N-dealkylation sites (N-methyl/N-ethyl adjacent to an activating group) is 1. The lowest BCUT2D eigenvalue weighted by molar-refractivity contribution is 0.160. The first-order valence-electron chi connectivity index (χ1n) is 8.44. The van der Waals surface area contributed by atoms with Crippen molar-refractivity contribution in [3.8, 4) is 11.5 Å². The van der Waals surface area contributed by atoms with Crippen LogP contribution in [-0.4, -0.2) is 58.5 Å². The third kappa shape index (κ3) is 3.56. The van der Waals surface area contributed by atoms with Gasteiger partial charge in [-0.25, -0.2) is 8.42 Å². The van der Waals surface area contributed by atoms with E-state index in [1.807, 2.05) is 37.4 Å². The smallest absolute Gasteiger partial charge is 0.243 e. The van der Waals surface area contributed by atoms with E-state index in [-0.39, 0.29) is 10.9 Å². The second-order valence-electron chi connectivity index (χ2n) is 6.32. The summed E-state index contributed by atoms with van der Waals surface area (Å²) in [6.45, 7) is 1.78. The van der Waals surface area contributed by atoms with Gasteiger partial charge in [0.2, 0.25) is 10.0 Å². The molecule has 0 saturated carbocycles. The molecule has 0 radical (unpaired) electrons. The predicted octanol–water partition coefficient (Wildman–Crippen LogP) is 2.38. The lowest BCUT2D eigenvalue weighted by Gasteiger charge is -2.39. The average Bonchev–Trinajstić information content (AvgIpc) is 2.67. The van der Waals surface area contributed by atoms with E-state index in [4.69, 9.17) is 9.47 Å². The second kappa shape index (κ2) is 7.65. The summed E-state index contributed by atoms with van der Waals surface area (Å²) in [5, 5.41) is 0. The summed E-state index contributed by atoms with van der Waals surface area (Å²) in [5.74, 6) is 0.906. The third-order valence-electron chi connectivity index (χ3n) is 4.68. The van der Waals surface area contributed by atoms with Gasteiger partial charge in [-0.3, -0.25) is 0 Å². The lowest BCUT2D eigenvalue weighted by atomic mass is 10.1. The van der Waals surface area contributed by atoms with Gasteiger partial charge in [0, 0.05) is 25.7 Å². The Morgan fingerprint density at radius 3 is 2.31 bits per heavy atom. The number of rotatable bonds is 5. The van der Waals surface area contributed by atoms with Gasteiger partial charge in [0.25, 0.3) is 0 Å². The Morgan fingerprint density at radius 1 is 0.962 bits per heavy atom. The molecule has 1 atom stereocenters. The monoisotopic (exact) mass is 376 g/mol. The molecule has 6 nitrogen and oxygen atoms in total. The van der Waals surface area contributed by atoms with Crippen LogP contribution in [0, 0.1) is 0 Å². The van der Waals surface area contributed by atoms with Crippen molar-refractivity contribution in [1.82, 2.24) is 9.21 Å². The van der Waals surface area contributed by atoms with E-state index in [9.17, 15) is 8.42 Å². The highest BCUT2D eigenvalue weighted by Gasteiger charge is 2.36. The zero-order valence-corrected chi connectivity index (χ0v) is 16.1. The van der Waals surface area contributed by atoms with Gasteiger partial charge in [-0.2, -0.15) is 4.31 Å². The highest BCUT2D eigenvalue weighted by molar-refractivity contribution is 7.89.